The maximum Gasteiger partial charge on any atom is 0.257 e. The zero-order valence-corrected chi connectivity index (χ0v) is 17.0. The largest absolute Gasteiger partial charge is 0.339 e. The van der Waals surface area contributed by atoms with Gasteiger partial charge < -0.3 is 9.80 Å². The third-order valence-electron chi connectivity index (χ3n) is 6.19. The Morgan fingerprint density at radius 3 is 2.55 bits per heavy atom. The molecular formula is C21H26N6O2. The Balaban J connectivity index is 1.41. The van der Waals surface area contributed by atoms with Crippen LogP contribution in [0.5, 0.6) is 0 Å². The molecule has 0 atom stereocenters. The first kappa shape index (κ1) is 19.4. The molecule has 0 N–H and O–H groups in total. The SMILES string of the molecule is Cc1cnc(CN2CC3(CCC2=O)CCN(C(=O)c2cncnc2C)CC3)cn1. The Bertz CT molecular complexity index is 906. The molecule has 29 heavy (non-hydrogen) atoms. The molecule has 2 saturated heterocycles. The summed E-state index contributed by atoms with van der Waals surface area (Å²) in [5, 5.41) is 0. The summed E-state index contributed by atoms with van der Waals surface area (Å²) < 4.78 is 0. The van der Waals surface area contributed by atoms with Crippen LogP contribution < -0.4 is 0 Å². The number of rotatable bonds is 3. The minimum absolute atomic E-state index is 0.00313. The smallest absolute Gasteiger partial charge is 0.257 e. The summed E-state index contributed by atoms with van der Waals surface area (Å²) in [6.07, 6.45) is 9.77. The Labute approximate surface area is 170 Å². The lowest BCUT2D eigenvalue weighted by molar-refractivity contribution is -0.139. The molecule has 2 aromatic heterocycles. The summed E-state index contributed by atoms with van der Waals surface area (Å²) in [4.78, 5) is 45.9. The molecule has 4 rings (SSSR count). The van der Waals surface area contributed by atoms with Gasteiger partial charge in [0.1, 0.15) is 6.33 Å². The van der Waals surface area contributed by atoms with Gasteiger partial charge in [-0.15, -0.1) is 0 Å². The topological polar surface area (TPSA) is 92.2 Å². The minimum atomic E-state index is -0.00313. The average molecular weight is 394 g/mol. The molecule has 1 spiro atoms. The van der Waals surface area contributed by atoms with Crippen LogP contribution in [0.25, 0.3) is 0 Å². The van der Waals surface area contributed by atoms with E-state index >= 15 is 0 Å². The predicted octanol–water partition coefficient (Wildman–Crippen LogP) is 1.93. The molecule has 2 fully saturated rings. The number of carbonyl (C=O) groups is 2. The van der Waals surface area contributed by atoms with Crippen molar-refractivity contribution >= 4 is 11.8 Å². The number of likely N-dealkylation sites (tertiary alicyclic amines) is 2. The van der Waals surface area contributed by atoms with Crippen LogP contribution in [0, 0.1) is 19.3 Å². The highest BCUT2D eigenvalue weighted by molar-refractivity contribution is 5.95. The first-order valence-electron chi connectivity index (χ1n) is 10.1. The Hall–Kier alpha value is -2.90. The zero-order chi connectivity index (χ0) is 20.4. The fourth-order valence-electron chi connectivity index (χ4n) is 4.31. The van der Waals surface area contributed by atoms with E-state index in [1.54, 1.807) is 18.6 Å². The third kappa shape index (κ3) is 4.11. The van der Waals surface area contributed by atoms with Crippen molar-refractivity contribution in [3.05, 3.63) is 47.6 Å². The summed E-state index contributed by atoms with van der Waals surface area (Å²) >= 11 is 0. The molecule has 0 bridgehead atoms. The van der Waals surface area contributed by atoms with Crippen molar-refractivity contribution in [1.29, 1.82) is 0 Å². The summed E-state index contributed by atoms with van der Waals surface area (Å²) in [6, 6.07) is 0. The van der Waals surface area contributed by atoms with Crippen LogP contribution in [0.4, 0.5) is 0 Å². The first-order valence-corrected chi connectivity index (χ1v) is 10.1. The van der Waals surface area contributed by atoms with Gasteiger partial charge in [-0.2, -0.15) is 0 Å². The van der Waals surface area contributed by atoms with Crippen LogP contribution >= 0.6 is 0 Å². The van der Waals surface area contributed by atoms with Crippen LogP contribution in [-0.4, -0.2) is 61.2 Å². The number of aromatic nitrogens is 4. The average Bonchev–Trinajstić information content (AvgIpc) is 2.73. The number of hydrogen-bond donors (Lipinski definition) is 0. The van der Waals surface area contributed by atoms with Crippen LogP contribution in [0.1, 0.15) is 53.1 Å². The summed E-state index contributed by atoms with van der Waals surface area (Å²) in [5.41, 5.74) is 3.03. The van der Waals surface area contributed by atoms with E-state index in [4.69, 9.17) is 0 Å². The number of carbonyl (C=O) groups excluding carboxylic acids is 2. The van der Waals surface area contributed by atoms with Gasteiger partial charge in [-0.05, 0) is 38.5 Å². The van der Waals surface area contributed by atoms with E-state index in [0.717, 1.165) is 37.2 Å². The fourth-order valence-corrected chi connectivity index (χ4v) is 4.31. The maximum atomic E-state index is 12.8. The van der Waals surface area contributed by atoms with Crippen molar-refractivity contribution in [2.45, 2.75) is 46.1 Å². The zero-order valence-electron chi connectivity index (χ0n) is 17.0. The Morgan fingerprint density at radius 1 is 1.07 bits per heavy atom. The molecule has 152 valence electrons. The predicted molar refractivity (Wildman–Crippen MR) is 106 cm³/mol. The standard InChI is InChI=1S/C21H26N6O2/c1-15-9-24-17(10-23-15)12-27-13-21(4-3-19(27)28)5-7-26(8-6-21)20(29)18-11-22-14-25-16(18)2/h9-11,14H,3-8,12-13H2,1-2H3. The molecule has 4 heterocycles. The van der Waals surface area contributed by atoms with E-state index < -0.39 is 0 Å². The maximum absolute atomic E-state index is 12.8. The summed E-state index contributed by atoms with van der Waals surface area (Å²) in [6.45, 7) is 6.34. The van der Waals surface area contributed by atoms with Gasteiger partial charge in [-0.25, -0.2) is 9.97 Å². The summed E-state index contributed by atoms with van der Waals surface area (Å²) in [7, 11) is 0. The molecule has 2 aliphatic rings. The van der Waals surface area contributed by atoms with E-state index in [9.17, 15) is 9.59 Å². The lowest BCUT2D eigenvalue weighted by Crippen LogP contribution is -2.52. The van der Waals surface area contributed by atoms with Crippen LogP contribution in [0.15, 0.2) is 24.9 Å². The molecule has 8 heteroatoms. The number of nitrogens with zero attached hydrogens (tertiary/aromatic N) is 6. The lowest BCUT2D eigenvalue weighted by Gasteiger charge is -2.47. The molecule has 0 radical (unpaired) electrons. The van der Waals surface area contributed by atoms with Gasteiger partial charge in [0.05, 0.1) is 35.4 Å². The minimum Gasteiger partial charge on any atom is -0.339 e. The highest BCUT2D eigenvalue weighted by Crippen LogP contribution is 2.40. The quantitative estimate of drug-likeness (QED) is 0.790. The van der Waals surface area contributed by atoms with E-state index in [-0.39, 0.29) is 17.2 Å². The molecular weight excluding hydrogens is 368 g/mol. The lowest BCUT2D eigenvalue weighted by atomic mass is 9.72. The first-order chi connectivity index (χ1) is 14.0. The second kappa shape index (κ2) is 7.85. The highest BCUT2D eigenvalue weighted by Gasteiger charge is 2.42. The molecule has 0 aliphatic carbocycles. The third-order valence-corrected chi connectivity index (χ3v) is 6.19. The van der Waals surface area contributed by atoms with Crippen LogP contribution in [-0.2, 0) is 11.3 Å². The Kier molecular flexibility index (Phi) is 5.25. The molecule has 2 amide bonds. The van der Waals surface area contributed by atoms with Gasteiger partial charge in [0.15, 0.2) is 0 Å². The van der Waals surface area contributed by atoms with Gasteiger partial charge in [-0.1, -0.05) is 0 Å². The second-order valence-corrected chi connectivity index (χ2v) is 8.21. The van der Waals surface area contributed by atoms with E-state index in [2.05, 4.69) is 19.9 Å². The van der Waals surface area contributed by atoms with E-state index in [1.165, 1.54) is 6.33 Å². The monoisotopic (exact) mass is 394 g/mol. The van der Waals surface area contributed by atoms with Crippen molar-refractivity contribution in [3.63, 3.8) is 0 Å². The molecule has 0 saturated carbocycles. The van der Waals surface area contributed by atoms with E-state index in [1.807, 2.05) is 23.6 Å². The normalized spacial score (nSPS) is 18.9. The highest BCUT2D eigenvalue weighted by atomic mass is 16.2. The van der Waals surface area contributed by atoms with Crippen LogP contribution in [0.2, 0.25) is 0 Å². The second-order valence-electron chi connectivity index (χ2n) is 8.21. The Morgan fingerprint density at radius 2 is 1.86 bits per heavy atom. The number of hydrogen-bond acceptors (Lipinski definition) is 6. The van der Waals surface area contributed by atoms with E-state index in [0.29, 0.717) is 37.3 Å². The number of amides is 2. The van der Waals surface area contributed by atoms with Crippen molar-refractivity contribution in [2.75, 3.05) is 19.6 Å². The summed E-state index contributed by atoms with van der Waals surface area (Å²) in [5.74, 6) is 0.171. The van der Waals surface area contributed by atoms with Gasteiger partial charge >= 0.3 is 0 Å². The molecule has 2 aliphatic heterocycles. The van der Waals surface area contributed by atoms with Crippen molar-refractivity contribution < 1.29 is 9.59 Å². The molecule has 0 unspecified atom stereocenters. The van der Waals surface area contributed by atoms with Gasteiger partial charge in [-0.3, -0.25) is 19.6 Å². The molecule has 8 nitrogen and oxygen atoms in total. The van der Waals surface area contributed by atoms with Crippen molar-refractivity contribution in [1.82, 2.24) is 29.7 Å². The molecule has 0 aromatic carbocycles. The fraction of sp³-hybridized carbons (Fsp3) is 0.524. The number of piperidine rings is 2. The van der Waals surface area contributed by atoms with Gasteiger partial charge in [0.2, 0.25) is 5.91 Å². The van der Waals surface area contributed by atoms with Gasteiger partial charge in [0, 0.05) is 38.4 Å². The van der Waals surface area contributed by atoms with Crippen molar-refractivity contribution in [2.24, 2.45) is 5.41 Å². The van der Waals surface area contributed by atoms with Crippen LogP contribution in [0.3, 0.4) is 0 Å². The van der Waals surface area contributed by atoms with Gasteiger partial charge in [0.25, 0.3) is 5.91 Å². The molecule has 2 aromatic rings. The van der Waals surface area contributed by atoms with Crippen molar-refractivity contribution in [3.8, 4) is 0 Å². The number of aryl methyl sites for hydroxylation is 2.